The van der Waals surface area contributed by atoms with Gasteiger partial charge in [0.15, 0.2) is 9.84 Å². The predicted octanol–water partition coefficient (Wildman–Crippen LogP) is -0.711. The highest BCUT2D eigenvalue weighted by molar-refractivity contribution is 7.91. The van der Waals surface area contributed by atoms with Gasteiger partial charge in [-0.05, 0) is 6.42 Å². The van der Waals surface area contributed by atoms with E-state index in [0.717, 1.165) is 6.26 Å². The standard InChI is InChI=1S/C11H19F3N2O6S/c1-3-6-22-10(19,16-8(17)7-23(2,20)21)4-5-15-9(18)11(12,13)14/h19H,3-7H2,1-2H3,(H,15,18)(H,16,17). The lowest BCUT2D eigenvalue weighted by atomic mass is 10.3. The number of ether oxygens (including phenoxy) is 1. The Kier molecular flexibility index (Phi) is 7.94. The summed E-state index contributed by atoms with van der Waals surface area (Å²) in [6.07, 6.45) is -4.48. The monoisotopic (exact) mass is 364 g/mol. The Morgan fingerprint density at radius 2 is 1.83 bits per heavy atom. The Labute approximate surface area is 131 Å². The van der Waals surface area contributed by atoms with Crippen LogP contribution in [0.5, 0.6) is 0 Å². The van der Waals surface area contributed by atoms with E-state index >= 15 is 0 Å². The molecule has 1 atom stereocenters. The third-order valence-electron chi connectivity index (χ3n) is 2.28. The van der Waals surface area contributed by atoms with Crippen molar-refractivity contribution in [2.24, 2.45) is 0 Å². The van der Waals surface area contributed by atoms with E-state index in [0.29, 0.717) is 6.42 Å². The van der Waals surface area contributed by atoms with Gasteiger partial charge in [0.1, 0.15) is 5.75 Å². The third kappa shape index (κ3) is 10.1. The smallest absolute Gasteiger partial charge is 0.349 e. The van der Waals surface area contributed by atoms with Crippen molar-refractivity contribution in [3.8, 4) is 0 Å². The molecule has 3 N–H and O–H groups in total. The maximum atomic E-state index is 12.0. The fourth-order valence-electron chi connectivity index (χ4n) is 1.38. The first kappa shape index (κ1) is 21.6. The van der Waals surface area contributed by atoms with E-state index in [9.17, 15) is 36.3 Å². The van der Waals surface area contributed by atoms with Gasteiger partial charge in [-0.2, -0.15) is 13.2 Å². The van der Waals surface area contributed by atoms with E-state index in [2.05, 4.69) is 0 Å². The minimum Gasteiger partial charge on any atom is -0.349 e. The summed E-state index contributed by atoms with van der Waals surface area (Å²) in [5, 5.41) is 13.4. The molecule has 0 aliphatic carbocycles. The number of sulfone groups is 1. The van der Waals surface area contributed by atoms with E-state index < -0.39 is 52.5 Å². The van der Waals surface area contributed by atoms with Gasteiger partial charge in [-0.1, -0.05) is 6.92 Å². The van der Waals surface area contributed by atoms with E-state index in [1.165, 1.54) is 5.32 Å². The highest BCUT2D eigenvalue weighted by Crippen LogP contribution is 2.15. The van der Waals surface area contributed by atoms with Crippen molar-refractivity contribution in [2.75, 3.05) is 25.2 Å². The first-order valence-corrected chi connectivity index (χ1v) is 8.55. The molecule has 0 spiro atoms. The highest BCUT2D eigenvalue weighted by Gasteiger charge is 2.39. The van der Waals surface area contributed by atoms with Crippen LogP contribution in [0.2, 0.25) is 0 Å². The van der Waals surface area contributed by atoms with Crippen LogP contribution in [0, 0.1) is 0 Å². The number of hydrogen-bond acceptors (Lipinski definition) is 6. The molecule has 0 rings (SSSR count). The summed E-state index contributed by atoms with van der Waals surface area (Å²) in [5.41, 5.74) is 0. The number of carbonyl (C=O) groups excluding carboxylic acids is 2. The van der Waals surface area contributed by atoms with Gasteiger partial charge in [-0.15, -0.1) is 0 Å². The molecule has 0 saturated heterocycles. The number of alkyl halides is 3. The number of amides is 2. The van der Waals surface area contributed by atoms with E-state index in [1.54, 1.807) is 6.92 Å². The molecule has 0 aromatic carbocycles. The summed E-state index contributed by atoms with van der Waals surface area (Å²) >= 11 is 0. The molecule has 0 bridgehead atoms. The molecule has 1 unspecified atom stereocenters. The lowest BCUT2D eigenvalue weighted by molar-refractivity contribution is -0.226. The quantitative estimate of drug-likeness (QED) is 0.465. The summed E-state index contributed by atoms with van der Waals surface area (Å²) in [7, 11) is -3.67. The SMILES string of the molecule is CCCOC(O)(CCNC(=O)C(F)(F)F)NC(=O)CS(C)(=O)=O. The molecule has 0 aliphatic rings. The number of carbonyl (C=O) groups is 2. The second kappa shape index (κ2) is 8.45. The van der Waals surface area contributed by atoms with Gasteiger partial charge in [0.25, 0.3) is 5.91 Å². The Morgan fingerprint density at radius 1 is 1.26 bits per heavy atom. The molecule has 136 valence electrons. The van der Waals surface area contributed by atoms with Crippen LogP contribution in [0.1, 0.15) is 19.8 Å². The average Bonchev–Trinajstić information content (AvgIpc) is 2.32. The maximum Gasteiger partial charge on any atom is 0.471 e. The number of nitrogens with one attached hydrogen (secondary N) is 2. The molecule has 12 heteroatoms. The molecule has 0 radical (unpaired) electrons. The minimum atomic E-state index is -5.08. The van der Waals surface area contributed by atoms with E-state index in [4.69, 9.17) is 4.74 Å². The van der Waals surface area contributed by atoms with E-state index in [1.807, 2.05) is 5.32 Å². The summed E-state index contributed by atoms with van der Waals surface area (Å²) in [5.74, 6) is -6.62. The van der Waals surface area contributed by atoms with Crippen LogP contribution in [-0.4, -0.2) is 62.6 Å². The molecule has 0 saturated carbocycles. The largest absolute Gasteiger partial charge is 0.471 e. The van der Waals surface area contributed by atoms with Crippen molar-refractivity contribution < 1.29 is 41.0 Å². The Morgan fingerprint density at radius 3 is 2.26 bits per heavy atom. The lowest BCUT2D eigenvalue weighted by Crippen LogP contribution is -2.54. The highest BCUT2D eigenvalue weighted by atomic mass is 32.2. The molecule has 0 aromatic heterocycles. The van der Waals surface area contributed by atoms with Crippen molar-refractivity contribution in [1.82, 2.24) is 10.6 Å². The minimum absolute atomic E-state index is 0.0527. The van der Waals surface area contributed by atoms with Gasteiger partial charge in [-0.25, -0.2) is 8.42 Å². The molecule has 0 aromatic rings. The summed E-state index contributed by atoms with van der Waals surface area (Å²) < 4.78 is 63.0. The molecular weight excluding hydrogens is 345 g/mol. The number of aliphatic hydroxyl groups is 1. The van der Waals surface area contributed by atoms with Crippen LogP contribution in [0.4, 0.5) is 13.2 Å². The van der Waals surface area contributed by atoms with Crippen molar-refractivity contribution in [3.05, 3.63) is 0 Å². The molecule has 2 amide bonds. The van der Waals surface area contributed by atoms with Crippen LogP contribution in [0.25, 0.3) is 0 Å². The zero-order chi connectivity index (χ0) is 18.3. The molecular formula is C11H19F3N2O6S. The molecule has 0 aliphatic heterocycles. The fraction of sp³-hybridized carbons (Fsp3) is 0.818. The number of hydrogen-bond donors (Lipinski definition) is 3. The third-order valence-corrected chi connectivity index (χ3v) is 3.07. The van der Waals surface area contributed by atoms with Crippen LogP contribution in [0.3, 0.4) is 0 Å². The van der Waals surface area contributed by atoms with Gasteiger partial charge >= 0.3 is 12.1 Å². The summed E-state index contributed by atoms with van der Waals surface area (Å²) in [4.78, 5) is 22.1. The lowest BCUT2D eigenvalue weighted by Gasteiger charge is -2.29. The van der Waals surface area contributed by atoms with Crippen molar-refractivity contribution in [1.29, 1.82) is 0 Å². The molecule has 0 fully saturated rings. The number of halogens is 3. The van der Waals surface area contributed by atoms with Crippen molar-refractivity contribution in [3.63, 3.8) is 0 Å². The van der Waals surface area contributed by atoms with Gasteiger partial charge in [0.2, 0.25) is 5.91 Å². The summed E-state index contributed by atoms with van der Waals surface area (Å²) in [6, 6.07) is 0. The normalized spacial score (nSPS) is 14.9. The average molecular weight is 364 g/mol. The van der Waals surface area contributed by atoms with Crippen LogP contribution in [-0.2, 0) is 24.2 Å². The maximum absolute atomic E-state index is 12.0. The number of rotatable bonds is 9. The van der Waals surface area contributed by atoms with Gasteiger partial charge < -0.3 is 20.5 Å². The summed E-state index contributed by atoms with van der Waals surface area (Å²) in [6.45, 7) is 0.963. The second-order valence-electron chi connectivity index (χ2n) is 4.75. The van der Waals surface area contributed by atoms with Crippen molar-refractivity contribution in [2.45, 2.75) is 31.9 Å². The van der Waals surface area contributed by atoms with Crippen LogP contribution >= 0.6 is 0 Å². The fourth-order valence-corrected chi connectivity index (χ4v) is 1.93. The first-order chi connectivity index (χ1) is 10.3. The molecule has 0 heterocycles. The second-order valence-corrected chi connectivity index (χ2v) is 6.89. The Hall–Kier alpha value is -1.40. The van der Waals surface area contributed by atoms with Gasteiger partial charge in [0, 0.05) is 19.2 Å². The molecule has 23 heavy (non-hydrogen) atoms. The van der Waals surface area contributed by atoms with Crippen LogP contribution in [0.15, 0.2) is 0 Å². The Balaban J connectivity index is 4.71. The van der Waals surface area contributed by atoms with Crippen LogP contribution < -0.4 is 10.6 Å². The van der Waals surface area contributed by atoms with Gasteiger partial charge in [-0.3, -0.25) is 9.59 Å². The van der Waals surface area contributed by atoms with E-state index in [-0.39, 0.29) is 6.61 Å². The Bertz CT molecular complexity index is 522. The van der Waals surface area contributed by atoms with Crippen molar-refractivity contribution >= 4 is 21.7 Å². The zero-order valence-electron chi connectivity index (χ0n) is 12.6. The predicted molar refractivity (Wildman–Crippen MR) is 72.7 cm³/mol. The topological polar surface area (TPSA) is 122 Å². The van der Waals surface area contributed by atoms with Gasteiger partial charge in [0.05, 0.1) is 6.61 Å². The molecule has 8 nitrogen and oxygen atoms in total. The first-order valence-electron chi connectivity index (χ1n) is 6.49. The zero-order valence-corrected chi connectivity index (χ0v) is 13.4.